The molecule has 0 saturated heterocycles. The van der Waals surface area contributed by atoms with Crippen LogP contribution in [0.4, 0.5) is 0 Å². The van der Waals surface area contributed by atoms with Crippen LogP contribution < -0.4 is 9.46 Å². The van der Waals surface area contributed by atoms with E-state index in [0.717, 1.165) is 5.56 Å². The van der Waals surface area contributed by atoms with Gasteiger partial charge in [0.2, 0.25) is 10.0 Å². The summed E-state index contributed by atoms with van der Waals surface area (Å²) in [6.45, 7) is 3.39. The van der Waals surface area contributed by atoms with E-state index in [1.54, 1.807) is 11.7 Å². The molecule has 33 heavy (non-hydrogen) atoms. The minimum Gasteiger partial charge on any atom is -0.463 e. The number of sulfonamides is 1. The molecule has 0 radical (unpaired) electrons. The lowest BCUT2D eigenvalue weighted by Gasteiger charge is -2.20. The third kappa shape index (κ3) is 6.68. The zero-order valence-corrected chi connectivity index (χ0v) is 20.7. The third-order valence-corrected chi connectivity index (χ3v) is 7.09. The van der Waals surface area contributed by atoms with Crippen molar-refractivity contribution in [2.24, 2.45) is 0 Å². The maximum absolute atomic E-state index is 13.2. The van der Waals surface area contributed by atoms with Crippen LogP contribution in [-0.4, -0.2) is 43.5 Å². The molecule has 8 nitrogen and oxygen atoms in total. The standard InChI is InChI=1S/C22H26Cl2N4O4S/c1-3-28-21(25-26-22(28)32-13-7-12-31-2)20(14-16-8-5-4-6-9-16)27-33(29,30)17-10-11-18(23)19(24)15-17/h4-6,8-11,15,20,27H,3,7,12-14H2,1-2H3/t20-/m1/s1. The molecular formula is C22H26Cl2N4O4S. The summed E-state index contributed by atoms with van der Waals surface area (Å²) in [5.74, 6) is 0.451. The Labute approximate surface area is 203 Å². The first kappa shape index (κ1) is 25.5. The summed E-state index contributed by atoms with van der Waals surface area (Å²) >= 11 is 12.0. The first-order valence-electron chi connectivity index (χ1n) is 10.4. The minimum atomic E-state index is -3.94. The predicted octanol–water partition coefficient (Wildman–Crippen LogP) is 4.28. The highest BCUT2D eigenvalue weighted by Gasteiger charge is 2.28. The van der Waals surface area contributed by atoms with Crippen molar-refractivity contribution in [2.75, 3.05) is 20.3 Å². The molecule has 0 bridgehead atoms. The number of hydrogen-bond donors (Lipinski definition) is 1. The van der Waals surface area contributed by atoms with Gasteiger partial charge in [0.25, 0.3) is 0 Å². The molecule has 1 aromatic heterocycles. The molecule has 3 aromatic rings. The summed E-state index contributed by atoms with van der Waals surface area (Å²) in [6, 6.07) is 13.4. The number of ether oxygens (including phenoxy) is 2. The summed E-state index contributed by atoms with van der Waals surface area (Å²) < 4.78 is 41.7. The molecule has 3 rings (SSSR count). The van der Waals surface area contributed by atoms with E-state index in [1.807, 2.05) is 37.3 Å². The second-order valence-electron chi connectivity index (χ2n) is 7.22. The van der Waals surface area contributed by atoms with Crippen LogP contribution >= 0.6 is 23.2 Å². The Kier molecular flexibility index (Phi) is 9.10. The van der Waals surface area contributed by atoms with Crippen molar-refractivity contribution >= 4 is 33.2 Å². The van der Waals surface area contributed by atoms with E-state index in [1.165, 1.54) is 18.2 Å². The SMILES string of the molecule is CCn1c(OCCCOC)nnc1[C@@H](Cc1ccccc1)NS(=O)(=O)c1ccc(Cl)c(Cl)c1. The lowest BCUT2D eigenvalue weighted by Crippen LogP contribution is -2.32. The molecule has 0 saturated carbocycles. The molecule has 0 amide bonds. The average Bonchev–Trinajstić information content (AvgIpc) is 3.21. The van der Waals surface area contributed by atoms with Crippen molar-refractivity contribution < 1.29 is 17.9 Å². The fourth-order valence-electron chi connectivity index (χ4n) is 3.26. The van der Waals surface area contributed by atoms with Crippen molar-refractivity contribution in [1.29, 1.82) is 0 Å². The van der Waals surface area contributed by atoms with E-state index >= 15 is 0 Å². The smallest absolute Gasteiger partial charge is 0.316 e. The van der Waals surface area contributed by atoms with Crippen LogP contribution in [0.5, 0.6) is 6.01 Å². The Balaban J connectivity index is 1.93. The van der Waals surface area contributed by atoms with E-state index in [0.29, 0.717) is 44.4 Å². The lowest BCUT2D eigenvalue weighted by molar-refractivity contribution is 0.166. The lowest BCUT2D eigenvalue weighted by atomic mass is 10.1. The maximum atomic E-state index is 13.2. The monoisotopic (exact) mass is 512 g/mol. The average molecular weight is 513 g/mol. The number of rotatable bonds is 12. The van der Waals surface area contributed by atoms with E-state index in [-0.39, 0.29) is 14.9 Å². The van der Waals surface area contributed by atoms with Gasteiger partial charge in [0.15, 0.2) is 5.82 Å². The van der Waals surface area contributed by atoms with Crippen LogP contribution in [0, 0.1) is 0 Å². The third-order valence-electron chi connectivity index (χ3n) is 4.88. The normalized spacial score (nSPS) is 12.6. The summed E-state index contributed by atoms with van der Waals surface area (Å²) in [6.07, 6.45) is 1.06. The quantitative estimate of drug-likeness (QED) is 0.363. The van der Waals surface area contributed by atoms with Gasteiger partial charge in [0, 0.05) is 26.7 Å². The summed E-state index contributed by atoms with van der Waals surface area (Å²) in [4.78, 5) is 0.00793. The number of benzene rings is 2. The molecule has 1 atom stereocenters. The molecule has 0 aliphatic rings. The highest BCUT2D eigenvalue weighted by Crippen LogP contribution is 2.27. The van der Waals surface area contributed by atoms with Crippen LogP contribution in [0.1, 0.15) is 30.8 Å². The van der Waals surface area contributed by atoms with Crippen LogP contribution in [0.2, 0.25) is 10.0 Å². The molecular weight excluding hydrogens is 487 g/mol. The topological polar surface area (TPSA) is 95.3 Å². The Morgan fingerprint density at radius 3 is 2.48 bits per heavy atom. The summed E-state index contributed by atoms with van der Waals surface area (Å²) in [5.41, 5.74) is 0.938. The van der Waals surface area contributed by atoms with E-state index in [2.05, 4.69) is 14.9 Å². The number of hydrogen-bond acceptors (Lipinski definition) is 6. The number of aromatic nitrogens is 3. The molecule has 11 heteroatoms. The zero-order chi connectivity index (χ0) is 23.8. The van der Waals surface area contributed by atoms with Crippen LogP contribution in [0.3, 0.4) is 0 Å². The molecule has 1 N–H and O–H groups in total. The van der Waals surface area contributed by atoms with Gasteiger partial charge in [-0.05, 0) is 37.1 Å². The number of halogens is 2. The van der Waals surface area contributed by atoms with E-state index < -0.39 is 16.1 Å². The highest BCUT2D eigenvalue weighted by molar-refractivity contribution is 7.89. The van der Waals surface area contributed by atoms with Crippen molar-refractivity contribution in [1.82, 2.24) is 19.5 Å². The molecule has 0 spiro atoms. The second-order valence-corrected chi connectivity index (χ2v) is 9.75. The van der Waals surface area contributed by atoms with Gasteiger partial charge >= 0.3 is 6.01 Å². The number of methoxy groups -OCH3 is 1. The van der Waals surface area contributed by atoms with Gasteiger partial charge in [-0.3, -0.25) is 4.57 Å². The van der Waals surface area contributed by atoms with Crippen molar-refractivity contribution in [3.63, 3.8) is 0 Å². The van der Waals surface area contributed by atoms with Gasteiger partial charge in [-0.25, -0.2) is 13.1 Å². The fraction of sp³-hybridized carbons (Fsp3) is 0.364. The Morgan fingerprint density at radius 1 is 1.06 bits per heavy atom. The number of nitrogens with one attached hydrogen (secondary N) is 1. The van der Waals surface area contributed by atoms with Crippen LogP contribution in [-0.2, 0) is 27.7 Å². The largest absolute Gasteiger partial charge is 0.463 e. The van der Waals surface area contributed by atoms with Gasteiger partial charge in [0.1, 0.15) is 0 Å². The van der Waals surface area contributed by atoms with Crippen molar-refractivity contribution in [3.8, 4) is 6.01 Å². The molecule has 0 aliphatic carbocycles. The first-order chi connectivity index (χ1) is 15.9. The van der Waals surface area contributed by atoms with Gasteiger partial charge < -0.3 is 9.47 Å². The van der Waals surface area contributed by atoms with E-state index in [9.17, 15) is 8.42 Å². The maximum Gasteiger partial charge on any atom is 0.316 e. The summed E-state index contributed by atoms with van der Waals surface area (Å²) in [5, 5.41) is 8.86. The van der Waals surface area contributed by atoms with Gasteiger partial charge in [-0.2, -0.15) is 0 Å². The van der Waals surface area contributed by atoms with Gasteiger partial charge in [-0.15, -0.1) is 5.10 Å². The predicted molar refractivity (Wildman–Crippen MR) is 127 cm³/mol. The molecule has 1 heterocycles. The number of nitrogens with zero attached hydrogens (tertiary/aromatic N) is 3. The molecule has 0 unspecified atom stereocenters. The molecule has 178 valence electrons. The fourth-order valence-corrected chi connectivity index (χ4v) is 4.85. The summed E-state index contributed by atoms with van der Waals surface area (Å²) in [7, 11) is -2.31. The Morgan fingerprint density at radius 2 is 1.82 bits per heavy atom. The van der Waals surface area contributed by atoms with Crippen molar-refractivity contribution in [2.45, 2.75) is 37.2 Å². The highest BCUT2D eigenvalue weighted by atomic mass is 35.5. The molecule has 0 aliphatic heterocycles. The Bertz CT molecular complexity index is 1160. The van der Waals surface area contributed by atoms with Crippen molar-refractivity contribution in [3.05, 3.63) is 70.0 Å². The second kappa shape index (κ2) is 11.8. The molecule has 0 fully saturated rings. The van der Waals surface area contributed by atoms with Gasteiger partial charge in [0.05, 0.1) is 27.6 Å². The van der Waals surface area contributed by atoms with E-state index in [4.69, 9.17) is 32.7 Å². The van der Waals surface area contributed by atoms with Gasteiger partial charge in [-0.1, -0.05) is 58.6 Å². The van der Waals surface area contributed by atoms with Crippen LogP contribution in [0.25, 0.3) is 0 Å². The van der Waals surface area contributed by atoms with Crippen LogP contribution in [0.15, 0.2) is 53.4 Å². The minimum absolute atomic E-state index is 0.00793. The molecule has 2 aromatic carbocycles. The zero-order valence-electron chi connectivity index (χ0n) is 18.4. The Hall–Kier alpha value is -2.17. The first-order valence-corrected chi connectivity index (χ1v) is 12.7.